The predicted molar refractivity (Wildman–Crippen MR) is 75.0 cm³/mol. The van der Waals surface area contributed by atoms with E-state index in [1.165, 1.54) is 30.5 Å². The third-order valence-electron chi connectivity index (χ3n) is 4.44. The first-order valence-corrected chi connectivity index (χ1v) is 6.78. The van der Waals surface area contributed by atoms with E-state index in [0.29, 0.717) is 11.3 Å². The number of likely N-dealkylation sites (N-methyl/N-ethyl adjacent to an activating group) is 1. The third-order valence-corrected chi connectivity index (χ3v) is 4.44. The Morgan fingerprint density at radius 2 is 2.06 bits per heavy atom. The van der Waals surface area contributed by atoms with Crippen LogP contribution in [0.2, 0.25) is 0 Å². The van der Waals surface area contributed by atoms with Gasteiger partial charge < -0.3 is 4.90 Å². The van der Waals surface area contributed by atoms with Gasteiger partial charge in [-0.2, -0.15) is 0 Å². The van der Waals surface area contributed by atoms with Crippen LogP contribution in [0.1, 0.15) is 33.6 Å². The monoisotopic (exact) mass is 231 g/mol. The average molecular weight is 231 g/mol. The summed E-state index contributed by atoms with van der Waals surface area (Å²) in [7, 11) is 2.21. The van der Waals surface area contributed by atoms with Gasteiger partial charge >= 0.3 is 0 Å². The van der Waals surface area contributed by atoms with E-state index in [0.717, 1.165) is 6.54 Å². The number of nitrogens with zero attached hydrogens (tertiary/aromatic N) is 1. The number of hydrogen-bond donors (Lipinski definition) is 0. The van der Waals surface area contributed by atoms with E-state index in [1.807, 2.05) is 0 Å². The molecule has 1 nitrogen and oxygen atoms in total. The van der Waals surface area contributed by atoms with Crippen molar-refractivity contribution >= 4 is 0 Å². The topological polar surface area (TPSA) is 3.24 Å². The lowest BCUT2D eigenvalue weighted by molar-refractivity contribution is 0.297. The summed E-state index contributed by atoms with van der Waals surface area (Å²) >= 11 is 0. The van der Waals surface area contributed by atoms with Crippen molar-refractivity contribution < 1.29 is 0 Å². The van der Waals surface area contributed by atoms with Gasteiger partial charge in [0.15, 0.2) is 0 Å². The highest BCUT2D eigenvalue weighted by Crippen LogP contribution is 2.38. The van der Waals surface area contributed by atoms with E-state index in [2.05, 4.69) is 57.0 Å². The van der Waals surface area contributed by atoms with Crippen LogP contribution in [0.3, 0.4) is 0 Å². The molecule has 2 rings (SSSR count). The van der Waals surface area contributed by atoms with Gasteiger partial charge in [-0.25, -0.2) is 0 Å². The van der Waals surface area contributed by atoms with Gasteiger partial charge in [-0.1, -0.05) is 45.1 Å². The Balaban J connectivity index is 2.10. The molecule has 2 aliphatic rings. The minimum Gasteiger partial charge on any atom is -0.302 e. The van der Waals surface area contributed by atoms with Gasteiger partial charge in [-0.3, -0.25) is 0 Å². The maximum Gasteiger partial charge on any atom is 0.0233 e. The van der Waals surface area contributed by atoms with Crippen molar-refractivity contribution in [2.75, 3.05) is 20.1 Å². The molecule has 0 N–H and O–H groups in total. The molecule has 94 valence electrons. The third kappa shape index (κ3) is 2.71. The molecular weight excluding hydrogens is 206 g/mol. The van der Waals surface area contributed by atoms with Gasteiger partial charge in [0.25, 0.3) is 0 Å². The van der Waals surface area contributed by atoms with E-state index in [4.69, 9.17) is 0 Å². The highest BCUT2D eigenvalue weighted by molar-refractivity contribution is 5.44. The zero-order valence-corrected chi connectivity index (χ0v) is 11.7. The molecule has 1 aliphatic heterocycles. The zero-order valence-electron chi connectivity index (χ0n) is 11.7. The lowest BCUT2D eigenvalue weighted by Gasteiger charge is -2.33. The molecule has 0 aromatic carbocycles. The molecule has 0 amide bonds. The standard InChI is InChI=1S/C16H25N/c1-13(2)16(3)9-7-14(8-10-16)15-6-5-11-17(4)12-15/h6-9,13H,5,10-12H2,1-4H3. The molecule has 0 aromatic heterocycles. The number of rotatable bonds is 2. The van der Waals surface area contributed by atoms with E-state index in [9.17, 15) is 0 Å². The van der Waals surface area contributed by atoms with Crippen LogP contribution in [0.4, 0.5) is 0 Å². The minimum absolute atomic E-state index is 0.352. The van der Waals surface area contributed by atoms with Crippen molar-refractivity contribution in [1.82, 2.24) is 4.90 Å². The van der Waals surface area contributed by atoms with Crippen molar-refractivity contribution in [1.29, 1.82) is 0 Å². The van der Waals surface area contributed by atoms with E-state index in [-0.39, 0.29) is 0 Å². The summed E-state index contributed by atoms with van der Waals surface area (Å²) in [4.78, 5) is 2.40. The van der Waals surface area contributed by atoms with Crippen molar-refractivity contribution in [2.24, 2.45) is 11.3 Å². The molecule has 0 bridgehead atoms. The molecule has 1 atom stereocenters. The Morgan fingerprint density at radius 3 is 2.59 bits per heavy atom. The Hall–Kier alpha value is -0.820. The van der Waals surface area contributed by atoms with Crippen LogP contribution < -0.4 is 0 Å². The van der Waals surface area contributed by atoms with Crippen LogP contribution in [0.25, 0.3) is 0 Å². The van der Waals surface area contributed by atoms with Crippen LogP contribution in [0, 0.1) is 11.3 Å². The summed E-state index contributed by atoms with van der Waals surface area (Å²) in [6.07, 6.45) is 12.0. The van der Waals surface area contributed by atoms with Gasteiger partial charge in [-0.15, -0.1) is 0 Å². The molecule has 0 spiro atoms. The molecule has 0 fully saturated rings. The summed E-state index contributed by atoms with van der Waals surface area (Å²) in [5.74, 6) is 0.708. The Morgan fingerprint density at radius 1 is 1.29 bits per heavy atom. The van der Waals surface area contributed by atoms with Gasteiger partial charge in [0.2, 0.25) is 0 Å². The lowest BCUT2D eigenvalue weighted by atomic mass is 9.73. The van der Waals surface area contributed by atoms with Gasteiger partial charge in [0.05, 0.1) is 0 Å². The van der Waals surface area contributed by atoms with Gasteiger partial charge in [-0.05, 0) is 42.4 Å². The smallest absolute Gasteiger partial charge is 0.0233 e. The molecule has 0 saturated heterocycles. The predicted octanol–water partition coefficient (Wildman–Crippen LogP) is 3.80. The maximum absolute atomic E-state index is 2.44. The number of hydrogen-bond acceptors (Lipinski definition) is 1. The molecular formula is C16H25N. The highest BCUT2D eigenvalue weighted by Gasteiger charge is 2.27. The molecule has 0 radical (unpaired) electrons. The second kappa shape index (κ2) is 4.81. The van der Waals surface area contributed by atoms with Gasteiger partial charge in [0.1, 0.15) is 0 Å². The Kier molecular flexibility index (Phi) is 3.58. The summed E-state index contributed by atoms with van der Waals surface area (Å²) in [5.41, 5.74) is 3.32. The largest absolute Gasteiger partial charge is 0.302 e. The first-order chi connectivity index (χ1) is 8.01. The summed E-state index contributed by atoms with van der Waals surface area (Å²) in [6, 6.07) is 0. The summed E-state index contributed by atoms with van der Waals surface area (Å²) < 4.78 is 0. The quantitative estimate of drug-likeness (QED) is 0.699. The van der Waals surface area contributed by atoms with Crippen LogP contribution >= 0.6 is 0 Å². The fourth-order valence-electron chi connectivity index (χ4n) is 2.52. The van der Waals surface area contributed by atoms with E-state index < -0.39 is 0 Å². The molecule has 1 heteroatoms. The van der Waals surface area contributed by atoms with Crippen LogP contribution in [-0.4, -0.2) is 25.0 Å². The molecule has 0 saturated carbocycles. The summed E-state index contributed by atoms with van der Waals surface area (Å²) in [5, 5.41) is 0. The average Bonchev–Trinajstić information content (AvgIpc) is 2.30. The molecule has 17 heavy (non-hydrogen) atoms. The molecule has 0 aromatic rings. The van der Waals surface area contributed by atoms with Crippen molar-refractivity contribution in [3.05, 3.63) is 35.5 Å². The molecule has 1 unspecified atom stereocenters. The zero-order chi connectivity index (χ0) is 12.5. The van der Waals surface area contributed by atoms with Crippen molar-refractivity contribution in [2.45, 2.75) is 33.6 Å². The minimum atomic E-state index is 0.352. The van der Waals surface area contributed by atoms with E-state index in [1.54, 1.807) is 0 Å². The van der Waals surface area contributed by atoms with Gasteiger partial charge in [0, 0.05) is 13.1 Å². The SMILES string of the molecule is CC(C)C1(C)C=CC(C2=CCCN(C)C2)=CC1. The fraction of sp³-hybridized carbons (Fsp3) is 0.625. The van der Waals surface area contributed by atoms with Crippen LogP contribution in [0.5, 0.6) is 0 Å². The first kappa shape index (κ1) is 12.6. The molecule has 1 heterocycles. The molecule has 1 aliphatic carbocycles. The second-order valence-electron chi connectivity index (χ2n) is 6.11. The van der Waals surface area contributed by atoms with Crippen LogP contribution in [0.15, 0.2) is 35.5 Å². The van der Waals surface area contributed by atoms with Crippen LogP contribution in [-0.2, 0) is 0 Å². The summed E-state index contributed by atoms with van der Waals surface area (Å²) in [6.45, 7) is 9.30. The Labute approximate surface area is 106 Å². The van der Waals surface area contributed by atoms with Crippen molar-refractivity contribution in [3.63, 3.8) is 0 Å². The maximum atomic E-state index is 2.44. The normalized spacial score (nSPS) is 30.4. The lowest BCUT2D eigenvalue weighted by Crippen LogP contribution is -2.27. The highest BCUT2D eigenvalue weighted by atomic mass is 15.1. The van der Waals surface area contributed by atoms with E-state index >= 15 is 0 Å². The second-order valence-corrected chi connectivity index (χ2v) is 6.11. The van der Waals surface area contributed by atoms with Crippen molar-refractivity contribution in [3.8, 4) is 0 Å². The Bertz CT molecular complexity index is 373. The fourth-order valence-corrected chi connectivity index (χ4v) is 2.52. The first-order valence-electron chi connectivity index (χ1n) is 6.78. The number of allylic oxidation sites excluding steroid dienone is 3.